The van der Waals surface area contributed by atoms with Gasteiger partial charge in [-0.1, -0.05) is 35.9 Å². The molecule has 3 rings (SSSR count). The Morgan fingerprint density at radius 2 is 1.80 bits per heavy atom. The van der Waals surface area contributed by atoms with Crippen molar-refractivity contribution in [1.29, 1.82) is 0 Å². The number of nitrogens with two attached hydrogens (primary N) is 1. The zero-order valence-corrected chi connectivity index (χ0v) is 11.5. The number of rotatable bonds is 2. The first-order valence-corrected chi connectivity index (χ1v) is 6.50. The predicted molar refractivity (Wildman–Crippen MR) is 82.3 cm³/mol. The maximum absolute atomic E-state index is 5.58. The average molecular weight is 264 g/mol. The molecule has 0 aliphatic heterocycles. The summed E-state index contributed by atoms with van der Waals surface area (Å²) in [4.78, 5) is 9.17. The zero-order valence-electron chi connectivity index (χ0n) is 11.5. The van der Waals surface area contributed by atoms with E-state index >= 15 is 0 Å². The topological polar surface area (TPSA) is 63.8 Å². The molecule has 20 heavy (non-hydrogen) atoms. The number of aromatic nitrogens is 2. The fourth-order valence-corrected chi connectivity index (χ4v) is 2.37. The summed E-state index contributed by atoms with van der Waals surface area (Å²) in [7, 11) is 0. The van der Waals surface area contributed by atoms with Crippen LogP contribution in [0.1, 0.15) is 11.1 Å². The van der Waals surface area contributed by atoms with Gasteiger partial charge in [-0.2, -0.15) is 0 Å². The van der Waals surface area contributed by atoms with Crippen LogP contribution in [0.3, 0.4) is 0 Å². The Balaban J connectivity index is 2.26. The van der Waals surface area contributed by atoms with E-state index in [1.54, 1.807) is 0 Å². The van der Waals surface area contributed by atoms with Gasteiger partial charge in [0.05, 0.1) is 5.52 Å². The minimum Gasteiger partial charge on any atom is -0.308 e. The van der Waals surface area contributed by atoms with Crippen LogP contribution in [0.5, 0.6) is 0 Å². The van der Waals surface area contributed by atoms with E-state index in [1.165, 1.54) is 5.56 Å². The molecule has 0 saturated carbocycles. The number of aryl methyl sites for hydroxylation is 2. The van der Waals surface area contributed by atoms with Gasteiger partial charge in [0.1, 0.15) is 0 Å². The summed E-state index contributed by atoms with van der Waals surface area (Å²) in [6, 6.07) is 14.1. The van der Waals surface area contributed by atoms with Gasteiger partial charge in [-0.25, -0.2) is 15.8 Å². The highest BCUT2D eigenvalue weighted by molar-refractivity contribution is 5.90. The molecule has 0 saturated heterocycles. The second-order valence-corrected chi connectivity index (χ2v) is 4.88. The second kappa shape index (κ2) is 4.90. The first-order chi connectivity index (χ1) is 9.69. The summed E-state index contributed by atoms with van der Waals surface area (Å²) in [6.45, 7) is 4.14. The molecule has 3 aromatic rings. The SMILES string of the molecule is Cc1ccc(-c2nc(NN)c3ccccc3n2)c(C)c1. The minimum atomic E-state index is 0.644. The standard InChI is InChI=1S/C16H16N4/c1-10-7-8-12(11(2)9-10)15-18-14-6-4-3-5-13(14)16(19-15)20-17/h3-9H,17H2,1-2H3,(H,18,19,20). The average Bonchev–Trinajstić information content (AvgIpc) is 2.46. The third-order valence-corrected chi connectivity index (χ3v) is 3.36. The molecule has 0 aliphatic carbocycles. The quantitative estimate of drug-likeness (QED) is 0.551. The summed E-state index contributed by atoms with van der Waals surface area (Å²) >= 11 is 0. The number of fused-ring (bicyclic) bond motifs is 1. The van der Waals surface area contributed by atoms with Crippen molar-refractivity contribution in [2.45, 2.75) is 13.8 Å². The van der Waals surface area contributed by atoms with Gasteiger partial charge >= 0.3 is 0 Å². The van der Waals surface area contributed by atoms with Gasteiger partial charge in [0, 0.05) is 10.9 Å². The number of anilines is 1. The van der Waals surface area contributed by atoms with Crippen LogP contribution in [0.2, 0.25) is 0 Å². The minimum absolute atomic E-state index is 0.644. The second-order valence-electron chi connectivity index (χ2n) is 4.88. The van der Waals surface area contributed by atoms with Crippen molar-refractivity contribution >= 4 is 16.7 Å². The van der Waals surface area contributed by atoms with Crippen LogP contribution in [-0.2, 0) is 0 Å². The van der Waals surface area contributed by atoms with E-state index in [2.05, 4.69) is 47.4 Å². The number of para-hydroxylation sites is 1. The predicted octanol–water partition coefficient (Wildman–Crippen LogP) is 3.20. The van der Waals surface area contributed by atoms with Gasteiger partial charge in [-0.3, -0.25) is 0 Å². The number of hydrazine groups is 1. The van der Waals surface area contributed by atoms with Crippen molar-refractivity contribution < 1.29 is 0 Å². The lowest BCUT2D eigenvalue weighted by Crippen LogP contribution is -2.10. The van der Waals surface area contributed by atoms with E-state index in [9.17, 15) is 0 Å². The molecule has 0 unspecified atom stereocenters. The third kappa shape index (κ3) is 2.10. The summed E-state index contributed by atoms with van der Waals surface area (Å²) in [5, 5.41) is 0.920. The number of nitrogens with one attached hydrogen (secondary N) is 1. The Labute approximate surface area is 117 Å². The van der Waals surface area contributed by atoms with Crippen LogP contribution in [-0.4, -0.2) is 9.97 Å². The maximum Gasteiger partial charge on any atom is 0.162 e. The highest BCUT2D eigenvalue weighted by Gasteiger charge is 2.10. The molecule has 1 aromatic heterocycles. The Bertz CT molecular complexity index is 781. The Kier molecular flexibility index (Phi) is 3.08. The zero-order chi connectivity index (χ0) is 14.1. The van der Waals surface area contributed by atoms with Crippen molar-refractivity contribution in [3.63, 3.8) is 0 Å². The van der Waals surface area contributed by atoms with Crippen LogP contribution >= 0.6 is 0 Å². The number of nitrogen functional groups attached to an aromatic ring is 1. The summed E-state index contributed by atoms with van der Waals surface area (Å²) in [5.74, 6) is 6.92. The molecule has 0 fully saturated rings. The first kappa shape index (κ1) is 12.6. The van der Waals surface area contributed by atoms with Crippen molar-refractivity contribution in [2.24, 2.45) is 5.84 Å². The fraction of sp³-hybridized carbons (Fsp3) is 0.125. The van der Waals surface area contributed by atoms with Gasteiger partial charge in [0.2, 0.25) is 0 Å². The molecule has 0 amide bonds. The number of benzene rings is 2. The van der Waals surface area contributed by atoms with E-state index < -0.39 is 0 Å². The molecule has 0 atom stereocenters. The van der Waals surface area contributed by atoms with Crippen LogP contribution in [0.15, 0.2) is 42.5 Å². The van der Waals surface area contributed by atoms with Gasteiger partial charge in [-0.05, 0) is 31.5 Å². The van der Waals surface area contributed by atoms with Gasteiger partial charge in [0.15, 0.2) is 11.6 Å². The Morgan fingerprint density at radius 3 is 2.55 bits per heavy atom. The molecule has 3 N–H and O–H groups in total. The molecule has 4 heteroatoms. The van der Waals surface area contributed by atoms with Crippen molar-refractivity contribution in [3.05, 3.63) is 53.6 Å². The van der Waals surface area contributed by atoms with E-state index in [4.69, 9.17) is 5.84 Å². The summed E-state index contributed by atoms with van der Waals surface area (Å²) in [6.07, 6.45) is 0. The van der Waals surface area contributed by atoms with Crippen LogP contribution in [0, 0.1) is 13.8 Å². The van der Waals surface area contributed by atoms with E-state index in [1.807, 2.05) is 24.3 Å². The number of hydrogen-bond donors (Lipinski definition) is 2. The van der Waals surface area contributed by atoms with Crippen molar-refractivity contribution in [1.82, 2.24) is 9.97 Å². The third-order valence-electron chi connectivity index (χ3n) is 3.36. The molecule has 0 aliphatic rings. The fourth-order valence-electron chi connectivity index (χ4n) is 2.37. The van der Waals surface area contributed by atoms with Crippen LogP contribution in [0.4, 0.5) is 5.82 Å². The van der Waals surface area contributed by atoms with Gasteiger partial charge in [-0.15, -0.1) is 0 Å². The Hall–Kier alpha value is -2.46. The van der Waals surface area contributed by atoms with E-state index in [0.717, 1.165) is 22.0 Å². The molecule has 0 radical (unpaired) electrons. The number of hydrogen-bond acceptors (Lipinski definition) is 4. The lowest BCUT2D eigenvalue weighted by molar-refractivity contribution is 1.18. The van der Waals surface area contributed by atoms with E-state index in [0.29, 0.717) is 11.6 Å². The normalized spacial score (nSPS) is 10.8. The molecule has 4 nitrogen and oxygen atoms in total. The molecule has 100 valence electrons. The molecular formula is C16H16N4. The largest absolute Gasteiger partial charge is 0.308 e. The van der Waals surface area contributed by atoms with E-state index in [-0.39, 0.29) is 0 Å². The smallest absolute Gasteiger partial charge is 0.162 e. The van der Waals surface area contributed by atoms with Gasteiger partial charge in [0.25, 0.3) is 0 Å². The summed E-state index contributed by atoms with van der Waals surface area (Å²) in [5.41, 5.74) is 6.95. The van der Waals surface area contributed by atoms with Gasteiger partial charge < -0.3 is 5.43 Å². The molecule has 1 heterocycles. The highest BCUT2D eigenvalue weighted by atomic mass is 15.3. The number of nitrogens with zero attached hydrogens (tertiary/aromatic N) is 2. The van der Waals surface area contributed by atoms with Crippen LogP contribution < -0.4 is 11.3 Å². The molecule has 2 aromatic carbocycles. The Morgan fingerprint density at radius 1 is 1.00 bits per heavy atom. The lowest BCUT2D eigenvalue weighted by Gasteiger charge is -2.10. The van der Waals surface area contributed by atoms with Crippen molar-refractivity contribution in [3.8, 4) is 11.4 Å². The molecule has 0 bridgehead atoms. The lowest BCUT2D eigenvalue weighted by atomic mass is 10.0. The maximum atomic E-state index is 5.58. The van der Waals surface area contributed by atoms with Crippen LogP contribution in [0.25, 0.3) is 22.3 Å². The monoisotopic (exact) mass is 264 g/mol. The van der Waals surface area contributed by atoms with Crippen molar-refractivity contribution in [2.75, 3.05) is 5.43 Å². The summed E-state index contributed by atoms with van der Waals surface area (Å²) < 4.78 is 0. The molecular weight excluding hydrogens is 248 g/mol. The highest BCUT2D eigenvalue weighted by Crippen LogP contribution is 2.26. The molecule has 0 spiro atoms. The first-order valence-electron chi connectivity index (χ1n) is 6.50.